The normalized spacial score (nSPS) is 13.0. The topological polar surface area (TPSA) is 37.8 Å². The molecule has 0 saturated carbocycles. The Morgan fingerprint density at radius 1 is 1.50 bits per heavy atom. The van der Waals surface area contributed by atoms with Gasteiger partial charge in [0.05, 0.1) is 10.6 Å². The highest BCUT2D eigenvalue weighted by Crippen LogP contribution is 2.28. The molecule has 3 nitrogen and oxygen atoms in total. The SMILES string of the molecule is C=CCCC(NCC)c1snnc1C(C)C. The standard InChI is InChI=1S/C12H21N3S/c1-5-7-8-10(13-6-2)12-11(9(3)4)14-15-16-12/h5,9-10,13H,1,6-8H2,2-4H3. The summed E-state index contributed by atoms with van der Waals surface area (Å²) in [5.41, 5.74) is 1.14. The third kappa shape index (κ3) is 3.39. The minimum absolute atomic E-state index is 0.375. The summed E-state index contributed by atoms with van der Waals surface area (Å²) >= 11 is 1.52. The fourth-order valence-electron chi connectivity index (χ4n) is 1.70. The minimum atomic E-state index is 0.375. The van der Waals surface area contributed by atoms with Gasteiger partial charge in [-0.2, -0.15) is 0 Å². The Hall–Kier alpha value is -0.740. The number of aromatic nitrogens is 2. The summed E-state index contributed by atoms with van der Waals surface area (Å²) in [4.78, 5) is 1.29. The lowest BCUT2D eigenvalue weighted by atomic mass is 10.0. The van der Waals surface area contributed by atoms with Crippen molar-refractivity contribution in [1.29, 1.82) is 0 Å². The van der Waals surface area contributed by atoms with Gasteiger partial charge < -0.3 is 5.32 Å². The second-order valence-electron chi connectivity index (χ2n) is 4.15. The van der Waals surface area contributed by atoms with Crippen LogP contribution in [0, 0.1) is 0 Å². The van der Waals surface area contributed by atoms with E-state index in [4.69, 9.17) is 0 Å². The first-order valence-electron chi connectivity index (χ1n) is 5.87. The van der Waals surface area contributed by atoms with Gasteiger partial charge in [-0.25, -0.2) is 0 Å². The summed E-state index contributed by atoms with van der Waals surface area (Å²) in [7, 11) is 0. The first-order valence-corrected chi connectivity index (χ1v) is 6.64. The van der Waals surface area contributed by atoms with E-state index < -0.39 is 0 Å². The third-order valence-electron chi connectivity index (χ3n) is 2.51. The molecular formula is C12H21N3S. The van der Waals surface area contributed by atoms with Gasteiger partial charge in [0.1, 0.15) is 0 Å². The molecule has 0 aliphatic rings. The van der Waals surface area contributed by atoms with Crippen molar-refractivity contribution in [3.8, 4) is 0 Å². The van der Waals surface area contributed by atoms with Crippen LogP contribution in [-0.4, -0.2) is 16.1 Å². The zero-order chi connectivity index (χ0) is 12.0. The molecular weight excluding hydrogens is 218 g/mol. The molecule has 0 aromatic carbocycles. The van der Waals surface area contributed by atoms with E-state index >= 15 is 0 Å². The van der Waals surface area contributed by atoms with E-state index in [9.17, 15) is 0 Å². The monoisotopic (exact) mass is 239 g/mol. The molecule has 0 spiro atoms. The highest BCUT2D eigenvalue weighted by Gasteiger charge is 2.19. The number of nitrogens with zero attached hydrogens (tertiary/aromatic N) is 2. The van der Waals surface area contributed by atoms with Crippen LogP contribution in [0.1, 0.15) is 56.1 Å². The van der Waals surface area contributed by atoms with Crippen molar-refractivity contribution in [1.82, 2.24) is 14.9 Å². The Kier molecular flexibility index (Phi) is 5.63. The van der Waals surface area contributed by atoms with Crippen LogP contribution >= 0.6 is 11.5 Å². The van der Waals surface area contributed by atoms with Crippen LogP contribution in [0.2, 0.25) is 0 Å². The van der Waals surface area contributed by atoms with Crippen LogP contribution in [0.15, 0.2) is 12.7 Å². The first kappa shape index (κ1) is 13.3. The van der Waals surface area contributed by atoms with Gasteiger partial charge in [0.2, 0.25) is 0 Å². The quantitative estimate of drug-likeness (QED) is 0.742. The summed E-state index contributed by atoms with van der Waals surface area (Å²) in [6.07, 6.45) is 4.06. The summed E-state index contributed by atoms with van der Waals surface area (Å²) < 4.78 is 4.08. The van der Waals surface area contributed by atoms with E-state index in [1.165, 1.54) is 16.4 Å². The maximum atomic E-state index is 4.23. The van der Waals surface area contributed by atoms with E-state index in [-0.39, 0.29) is 0 Å². The van der Waals surface area contributed by atoms with Crippen molar-refractivity contribution in [3.05, 3.63) is 23.2 Å². The molecule has 1 heterocycles. The summed E-state index contributed by atoms with van der Waals surface area (Å²) in [5.74, 6) is 0.443. The lowest BCUT2D eigenvalue weighted by molar-refractivity contribution is 0.520. The average Bonchev–Trinajstić information content (AvgIpc) is 2.73. The Bertz CT molecular complexity index is 320. The van der Waals surface area contributed by atoms with Gasteiger partial charge in [0.25, 0.3) is 0 Å². The molecule has 0 aliphatic carbocycles. The minimum Gasteiger partial charge on any atom is -0.309 e. The maximum absolute atomic E-state index is 4.23. The molecule has 1 unspecified atom stereocenters. The van der Waals surface area contributed by atoms with Gasteiger partial charge in [0.15, 0.2) is 0 Å². The first-order chi connectivity index (χ1) is 7.70. The number of hydrogen-bond acceptors (Lipinski definition) is 4. The van der Waals surface area contributed by atoms with Crippen molar-refractivity contribution in [2.75, 3.05) is 6.54 Å². The number of nitrogens with one attached hydrogen (secondary N) is 1. The van der Waals surface area contributed by atoms with Crippen molar-refractivity contribution >= 4 is 11.5 Å². The number of allylic oxidation sites excluding steroid dienone is 1. The second kappa shape index (κ2) is 6.76. The molecule has 0 radical (unpaired) electrons. The van der Waals surface area contributed by atoms with Gasteiger partial charge >= 0.3 is 0 Å². The van der Waals surface area contributed by atoms with Gasteiger partial charge in [-0.15, -0.1) is 11.7 Å². The van der Waals surface area contributed by atoms with E-state index in [0.29, 0.717) is 12.0 Å². The molecule has 0 fully saturated rings. The fraction of sp³-hybridized carbons (Fsp3) is 0.667. The molecule has 1 rings (SSSR count). The van der Waals surface area contributed by atoms with Crippen LogP contribution in [0.25, 0.3) is 0 Å². The van der Waals surface area contributed by atoms with E-state index in [1.54, 1.807) is 0 Å². The predicted molar refractivity (Wildman–Crippen MR) is 69.8 cm³/mol. The third-order valence-corrected chi connectivity index (χ3v) is 3.37. The van der Waals surface area contributed by atoms with Crippen molar-refractivity contribution in [2.45, 2.75) is 45.6 Å². The highest BCUT2D eigenvalue weighted by molar-refractivity contribution is 7.05. The lowest BCUT2D eigenvalue weighted by Gasteiger charge is -2.17. The van der Waals surface area contributed by atoms with Crippen LogP contribution < -0.4 is 5.32 Å². The van der Waals surface area contributed by atoms with Crippen molar-refractivity contribution < 1.29 is 0 Å². The van der Waals surface area contributed by atoms with Gasteiger partial charge in [0, 0.05) is 6.04 Å². The Morgan fingerprint density at radius 2 is 2.25 bits per heavy atom. The molecule has 1 aromatic rings. The summed E-state index contributed by atoms with van der Waals surface area (Å²) in [6.45, 7) is 11.2. The van der Waals surface area contributed by atoms with Crippen LogP contribution in [0.5, 0.6) is 0 Å². The molecule has 1 aromatic heterocycles. The zero-order valence-corrected chi connectivity index (χ0v) is 11.2. The molecule has 1 N–H and O–H groups in total. The summed E-state index contributed by atoms with van der Waals surface area (Å²) in [5, 5.41) is 7.73. The van der Waals surface area contributed by atoms with Crippen LogP contribution in [-0.2, 0) is 0 Å². The Morgan fingerprint density at radius 3 is 2.81 bits per heavy atom. The van der Waals surface area contributed by atoms with Crippen molar-refractivity contribution in [2.24, 2.45) is 0 Å². The van der Waals surface area contributed by atoms with Crippen molar-refractivity contribution in [3.63, 3.8) is 0 Å². The van der Waals surface area contributed by atoms with E-state index in [2.05, 4.69) is 42.3 Å². The second-order valence-corrected chi connectivity index (χ2v) is 4.94. The molecule has 0 bridgehead atoms. The zero-order valence-electron chi connectivity index (χ0n) is 10.4. The molecule has 0 aliphatic heterocycles. The number of rotatable bonds is 7. The Labute approximate surface area is 102 Å². The molecule has 1 atom stereocenters. The largest absolute Gasteiger partial charge is 0.309 e. The molecule has 90 valence electrons. The van der Waals surface area contributed by atoms with Gasteiger partial charge in [-0.1, -0.05) is 31.3 Å². The van der Waals surface area contributed by atoms with Gasteiger partial charge in [-0.3, -0.25) is 0 Å². The van der Waals surface area contributed by atoms with Gasteiger partial charge in [-0.05, 0) is 36.8 Å². The highest BCUT2D eigenvalue weighted by atomic mass is 32.1. The van der Waals surface area contributed by atoms with E-state index in [0.717, 1.165) is 25.1 Å². The molecule has 0 saturated heterocycles. The number of hydrogen-bond donors (Lipinski definition) is 1. The summed E-state index contributed by atoms with van der Waals surface area (Å²) in [6, 6.07) is 0.375. The van der Waals surface area contributed by atoms with Crippen LogP contribution in [0.4, 0.5) is 0 Å². The molecule has 16 heavy (non-hydrogen) atoms. The average molecular weight is 239 g/mol. The smallest absolute Gasteiger partial charge is 0.0829 e. The van der Waals surface area contributed by atoms with Crippen LogP contribution in [0.3, 0.4) is 0 Å². The fourth-order valence-corrected chi connectivity index (χ4v) is 2.62. The molecule has 0 amide bonds. The lowest BCUT2D eigenvalue weighted by Crippen LogP contribution is -2.21. The Balaban J connectivity index is 2.82. The maximum Gasteiger partial charge on any atom is 0.0829 e. The predicted octanol–water partition coefficient (Wildman–Crippen LogP) is 3.28. The molecule has 4 heteroatoms. The van der Waals surface area contributed by atoms with E-state index in [1.807, 2.05) is 6.08 Å².